The fourth-order valence-corrected chi connectivity index (χ4v) is 3.15. The third-order valence-corrected chi connectivity index (χ3v) is 4.49. The molecule has 0 radical (unpaired) electrons. The highest BCUT2D eigenvalue weighted by molar-refractivity contribution is 6.34. The topological polar surface area (TPSA) is 42.0 Å². The molecule has 0 aliphatic carbocycles. The third-order valence-electron chi connectivity index (χ3n) is 4.16. The zero-order valence-electron chi connectivity index (χ0n) is 15.2. The first kappa shape index (κ1) is 22.0. The quantitative estimate of drug-likeness (QED) is 0.505. The van der Waals surface area contributed by atoms with E-state index in [9.17, 15) is 18.0 Å². The Morgan fingerprint density at radius 3 is 2.39 bits per heavy atom. The SMILES string of the molecule is Cc1cc(C)c2nc(C)cc(C(=O)Nc3cc(C(F)(F)F)ccc3Cl)c2c1.Cl. The maximum absolute atomic E-state index is 12.9. The second-order valence-corrected chi connectivity index (χ2v) is 6.84. The summed E-state index contributed by atoms with van der Waals surface area (Å²) in [5, 5.41) is 3.16. The van der Waals surface area contributed by atoms with Gasteiger partial charge in [0.05, 0.1) is 27.4 Å². The number of aryl methyl sites for hydroxylation is 3. The van der Waals surface area contributed by atoms with Crippen molar-refractivity contribution in [3.63, 3.8) is 0 Å². The van der Waals surface area contributed by atoms with Gasteiger partial charge in [0.1, 0.15) is 0 Å². The van der Waals surface area contributed by atoms with Crippen LogP contribution in [0.1, 0.15) is 32.7 Å². The first-order chi connectivity index (χ1) is 12.6. The molecule has 0 bridgehead atoms. The number of carbonyl (C=O) groups excluding carboxylic acids is 1. The molecule has 3 aromatic rings. The molecule has 3 rings (SSSR count). The monoisotopic (exact) mass is 428 g/mol. The minimum absolute atomic E-state index is 0. The van der Waals surface area contributed by atoms with Crippen LogP contribution in [0.15, 0.2) is 36.4 Å². The number of nitrogens with zero attached hydrogens (tertiary/aromatic N) is 1. The molecule has 0 aliphatic rings. The van der Waals surface area contributed by atoms with Crippen molar-refractivity contribution in [3.05, 3.63) is 69.4 Å². The van der Waals surface area contributed by atoms with Gasteiger partial charge in [-0.3, -0.25) is 9.78 Å². The number of aromatic nitrogens is 1. The molecule has 0 saturated heterocycles. The fraction of sp³-hybridized carbons (Fsp3) is 0.200. The molecule has 28 heavy (non-hydrogen) atoms. The average molecular weight is 429 g/mol. The standard InChI is InChI=1S/C20H16ClF3N2O.ClH/c1-10-6-11(2)18-14(7-10)15(8-12(3)25-18)19(27)26-17-9-13(20(22,23)24)4-5-16(17)21;/h4-9H,1-3H3,(H,26,27);1H. The Kier molecular flexibility index (Phi) is 6.26. The molecule has 0 fully saturated rings. The molecule has 0 atom stereocenters. The number of hydrogen-bond donors (Lipinski definition) is 1. The van der Waals surface area contributed by atoms with E-state index in [1.165, 1.54) is 0 Å². The number of benzene rings is 2. The zero-order chi connectivity index (χ0) is 19.9. The van der Waals surface area contributed by atoms with Gasteiger partial charge in [-0.1, -0.05) is 23.2 Å². The Bertz CT molecular complexity index is 1070. The smallest absolute Gasteiger partial charge is 0.321 e. The van der Waals surface area contributed by atoms with Gasteiger partial charge in [-0.05, 0) is 56.7 Å². The van der Waals surface area contributed by atoms with Crippen LogP contribution >= 0.6 is 24.0 Å². The number of amides is 1. The van der Waals surface area contributed by atoms with E-state index in [1.807, 2.05) is 26.0 Å². The van der Waals surface area contributed by atoms with Gasteiger partial charge >= 0.3 is 6.18 Å². The summed E-state index contributed by atoms with van der Waals surface area (Å²) in [6, 6.07) is 8.21. The highest BCUT2D eigenvalue weighted by Crippen LogP contribution is 2.34. The molecule has 1 amide bonds. The van der Waals surface area contributed by atoms with Gasteiger partial charge in [-0.25, -0.2) is 0 Å². The van der Waals surface area contributed by atoms with Crippen molar-refractivity contribution in [1.29, 1.82) is 0 Å². The van der Waals surface area contributed by atoms with E-state index in [0.717, 1.165) is 29.3 Å². The first-order valence-corrected chi connectivity index (χ1v) is 8.51. The number of fused-ring (bicyclic) bond motifs is 1. The predicted molar refractivity (Wildman–Crippen MR) is 108 cm³/mol. The van der Waals surface area contributed by atoms with Crippen LogP contribution in [0.4, 0.5) is 18.9 Å². The highest BCUT2D eigenvalue weighted by atomic mass is 35.5. The number of carbonyl (C=O) groups is 1. The molecule has 0 unspecified atom stereocenters. The van der Waals surface area contributed by atoms with Gasteiger partial charge in [0.2, 0.25) is 0 Å². The third kappa shape index (κ3) is 4.39. The van der Waals surface area contributed by atoms with Crippen LogP contribution in [0.2, 0.25) is 5.02 Å². The Morgan fingerprint density at radius 2 is 1.75 bits per heavy atom. The highest BCUT2D eigenvalue weighted by Gasteiger charge is 2.31. The number of alkyl halides is 3. The van der Waals surface area contributed by atoms with E-state index < -0.39 is 17.6 Å². The number of rotatable bonds is 2. The lowest BCUT2D eigenvalue weighted by Crippen LogP contribution is -2.15. The lowest BCUT2D eigenvalue weighted by atomic mass is 10.0. The van der Waals surface area contributed by atoms with Crippen LogP contribution in [-0.4, -0.2) is 10.9 Å². The summed E-state index contributed by atoms with van der Waals surface area (Å²) < 4.78 is 38.8. The van der Waals surface area contributed by atoms with Crippen LogP contribution in [0.5, 0.6) is 0 Å². The Morgan fingerprint density at radius 1 is 1.07 bits per heavy atom. The van der Waals surface area contributed by atoms with Gasteiger partial charge < -0.3 is 5.32 Å². The van der Waals surface area contributed by atoms with E-state index >= 15 is 0 Å². The van der Waals surface area contributed by atoms with Crippen molar-refractivity contribution in [2.75, 3.05) is 5.32 Å². The molecule has 0 aliphatic heterocycles. The van der Waals surface area contributed by atoms with E-state index in [1.54, 1.807) is 13.0 Å². The van der Waals surface area contributed by atoms with Crippen LogP contribution < -0.4 is 5.32 Å². The van der Waals surface area contributed by atoms with Crippen molar-refractivity contribution in [1.82, 2.24) is 4.98 Å². The number of anilines is 1. The second-order valence-electron chi connectivity index (χ2n) is 6.44. The lowest BCUT2D eigenvalue weighted by molar-refractivity contribution is -0.137. The van der Waals surface area contributed by atoms with Crippen LogP contribution in [0.25, 0.3) is 10.9 Å². The Balaban J connectivity index is 0.00000280. The summed E-state index contributed by atoms with van der Waals surface area (Å²) in [5.74, 6) is -0.545. The van der Waals surface area contributed by atoms with Crippen LogP contribution in [0, 0.1) is 20.8 Å². The van der Waals surface area contributed by atoms with Gasteiger partial charge in [-0.2, -0.15) is 13.2 Å². The summed E-state index contributed by atoms with van der Waals surface area (Å²) >= 11 is 5.98. The van der Waals surface area contributed by atoms with E-state index in [4.69, 9.17) is 11.6 Å². The molecule has 1 N–H and O–H groups in total. The number of hydrogen-bond acceptors (Lipinski definition) is 2. The maximum Gasteiger partial charge on any atom is 0.416 e. The van der Waals surface area contributed by atoms with Crippen molar-refractivity contribution >= 4 is 46.5 Å². The predicted octanol–water partition coefficient (Wildman–Crippen LogP) is 6.51. The number of halogens is 5. The molecular weight excluding hydrogens is 412 g/mol. The summed E-state index contributed by atoms with van der Waals surface area (Å²) in [4.78, 5) is 17.3. The van der Waals surface area contributed by atoms with Gasteiger partial charge in [0, 0.05) is 11.1 Å². The molecule has 0 spiro atoms. The largest absolute Gasteiger partial charge is 0.416 e. The van der Waals surface area contributed by atoms with Crippen molar-refractivity contribution in [2.45, 2.75) is 26.9 Å². The molecule has 2 aromatic carbocycles. The second kappa shape index (κ2) is 7.97. The summed E-state index contributed by atoms with van der Waals surface area (Å²) in [5.41, 5.74) is 2.54. The normalized spacial score (nSPS) is 11.2. The molecule has 3 nitrogen and oxygen atoms in total. The Labute approximate surface area is 171 Å². The van der Waals surface area contributed by atoms with E-state index in [-0.39, 0.29) is 23.1 Å². The summed E-state index contributed by atoms with van der Waals surface area (Å²) in [6.07, 6.45) is -4.53. The van der Waals surface area contributed by atoms with Gasteiger partial charge in [0.25, 0.3) is 5.91 Å². The molecular formula is C20H17Cl2F3N2O. The Hall–Kier alpha value is -2.31. The lowest BCUT2D eigenvalue weighted by Gasteiger charge is -2.14. The molecule has 8 heteroatoms. The van der Waals surface area contributed by atoms with Gasteiger partial charge in [-0.15, -0.1) is 12.4 Å². The maximum atomic E-state index is 12.9. The van der Waals surface area contributed by atoms with Crippen LogP contribution in [0.3, 0.4) is 0 Å². The fourth-order valence-electron chi connectivity index (χ4n) is 2.98. The van der Waals surface area contributed by atoms with Crippen LogP contribution in [-0.2, 0) is 6.18 Å². The van der Waals surface area contributed by atoms with Crippen molar-refractivity contribution in [2.24, 2.45) is 0 Å². The zero-order valence-corrected chi connectivity index (χ0v) is 16.8. The molecule has 1 aromatic heterocycles. The average Bonchev–Trinajstić information content (AvgIpc) is 2.56. The summed E-state index contributed by atoms with van der Waals surface area (Å²) in [7, 11) is 0. The van der Waals surface area contributed by atoms with Crippen molar-refractivity contribution in [3.8, 4) is 0 Å². The summed E-state index contributed by atoms with van der Waals surface area (Å²) in [6.45, 7) is 5.55. The van der Waals surface area contributed by atoms with E-state index in [2.05, 4.69) is 10.3 Å². The number of nitrogens with one attached hydrogen (secondary N) is 1. The minimum atomic E-state index is -4.53. The minimum Gasteiger partial charge on any atom is -0.321 e. The molecule has 0 saturated carbocycles. The van der Waals surface area contributed by atoms with E-state index in [0.29, 0.717) is 22.2 Å². The molecule has 1 heterocycles. The van der Waals surface area contributed by atoms with Crippen molar-refractivity contribution < 1.29 is 18.0 Å². The first-order valence-electron chi connectivity index (χ1n) is 8.13. The molecule has 148 valence electrons. The number of pyridine rings is 1. The van der Waals surface area contributed by atoms with Gasteiger partial charge in [0.15, 0.2) is 0 Å².